The quantitative estimate of drug-likeness (QED) is 0.165. The number of allylic oxidation sites excluding steroid dienone is 2. The zero-order valence-electron chi connectivity index (χ0n) is 36.6. The van der Waals surface area contributed by atoms with Crippen molar-refractivity contribution in [3.63, 3.8) is 0 Å². The minimum absolute atomic E-state index is 0.0965. The fourth-order valence-corrected chi connectivity index (χ4v) is 10.9. The van der Waals surface area contributed by atoms with E-state index in [9.17, 15) is 0 Å². The van der Waals surface area contributed by atoms with Gasteiger partial charge >= 0.3 is 0 Å². The lowest BCUT2D eigenvalue weighted by molar-refractivity contribution is 0.510. The zero-order chi connectivity index (χ0) is 41.4. The summed E-state index contributed by atoms with van der Waals surface area (Å²) in [7, 11) is 0. The van der Waals surface area contributed by atoms with Gasteiger partial charge in [-0.15, -0.1) is 22.7 Å². The van der Waals surface area contributed by atoms with E-state index in [4.69, 9.17) is 0 Å². The minimum Gasteiger partial charge on any atom is -0.334 e. The number of hydrogen-bond donors (Lipinski definition) is 0. The van der Waals surface area contributed by atoms with Crippen LogP contribution in [0.2, 0.25) is 0 Å². The molecule has 0 saturated heterocycles. The van der Waals surface area contributed by atoms with Crippen molar-refractivity contribution in [1.82, 2.24) is 0 Å². The van der Waals surface area contributed by atoms with Crippen LogP contribution >= 0.6 is 22.7 Å². The fourth-order valence-electron chi connectivity index (χ4n) is 8.20. The van der Waals surface area contributed by atoms with E-state index >= 15 is 0 Å². The van der Waals surface area contributed by atoms with E-state index in [2.05, 4.69) is 220 Å². The van der Waals surface area contributed by atoms with Gasteiger partial charge in [0.1, 0.15) is 0 Å². The van der Waals surface area contributed by atoms with E-state index in [0.29, 0.717) is 0 Å². The molecule has 0 N–H and O–H groups in total. The maximum absolute atomic E-state index is 2.55. The predicted octanol–water partition coefficient (Wildman–Crippen LogP) is 17.1. The van der Waals surface area contributed by atoms with Gasteiger partial charge in [0.15, 0.2) is 0 Å². The second-order valence-electron chi connectivity index (χ2n) is 20.4. The molecule has 0 saturated carbocycles. The molecule has 0 fully saturated rings. The topological polar surface area (TPSA) is 6.48 Å². The molecule has 0 radical (unpaired) electrons. The number of thiophene rings is 2. The summed E-state index contributed by atoms with van der Waals surface area (Å²) in [4.78, 5) is 4.96. The van der Waals surface area contributed by atoms with Gasteiger partial charge < -0.3 is 9.80 Å². The number of benzene rings is 5. The Morgan fingerprint density at radius 3 is 1.24 bits per heavy atom. The number of hydrogen-bond acceptors (Lipinski definition) is 4. The standard InChI is InChI=1S/C54H60N2S2/c1-51(2,3)35-13-21-39(22-14-35)55(40-23-15-36(16-24-40)52(4,5)6)43-29-31-45-47(33-43)57-50-46-32-30-44(34-48(46)58-49(45)50)56(41-25-17-37(18-26-41)53(7,8)9)42-27-19-38(20-28-42)54(10,11)12/h13-27,29-34,42H,28H2,1-12H3. The van der Waals surface area contributed by atoms with Crippen LogP contribution in [0.25, 0.3) is 29.6 Å². The smallest absolute Gasteiger partial charge is 0.0560 e. The first-order chi connectivity index (χ1) is 27.3. The highest BCUT2D eigenvalue weighted by Gasteiger charge is 2.26. The lowest BCUT2D eigenvalue weighted by Gasteiger charge is -2.35. The molecule has 8 rings (SSSR count). The minimum atomic E-state index is 0.0965. The molecule has 1 aliphatic carbocycles. The molecule has 1 aliphatic rings. The molecule has 2 aromatic heterocycles. The molecule has 0 amide bonds. The maximum Gasteiger partial charge on any atom is 0.0560 e. The van der Waals surface area contributed by atoms with Gasteiger partial charge in [0.2, 0.25) is 0 Å². The monoisotopic (exact) mass is 800 g/mol. The Morgan fingerprint density at radius 1 is 0.448 bits per heavy atom. The molecule has 7 aromatic rings. The van der Waals surface area contributed by atoms with Gasteiger partial charge in [-0.3, -0.25) is 0 Å². The summed E-state index contributed by atoms with van der Waals surface area (Å²) >= 11 is 3.86. The Morgan fingerprint density at radius 2 is 0.845 bits per heavy atom. The van der Waals surface area contributed by atoms with Gasteiger partial charge in [-0.2, -0.15) is 0 Å². The first-order valence-corrected chi connectivity index (χ1v) is 22.6. The van der Waals surface area contributed by atoms with Crippen molar-refractivity contribution in [3.8, 4) is 0 Å². The Balaban J connectivity index is 1.19. The third kappa shape index (κ3) is 7.78. The predicted molar refractivity (Wildman–Crippen MR) is 259 cm³/mol. The molecule has 1 unspecified atom stereocenters. The van der Waals surface area contributed by atoms with Crippen molar-refractivity contribution in [2.75, 3.05) is 9.80 Å². The second kappa shape index (κ2) is 14.6. The van der Waals surface area contributed by atoms with Gasteiger partial charge in [-0.1, -0.05) is 150 Å². The highest BCUT2D eigenvalue weighted by atomic mass is 32.1. The van der Waals surface area contributed by atoms with Gasteiger partial charge in [-0.05, 0) is 111 Å². The Kier molecular flexibility index (Phi) is 10.1. The van der Waals surface area contributed by atoms with E-state index in [1.807, 2.05) is 22.7 Å². The normalized spacial score (nSPS) is 15.4. The van der Waals surface area contributed by atoms with Gasteiger partial charge in [-0.25, -0.2) is 0 Å². The first kappa shape index (κ1) is 40.2. The van der Waals surface area contributed by atoms with Crippen molar-refractivity contribution in [2.45, 2.75) is 112 Å². The second-order valence-corrected chi connectivity index (χ2v) is 22.5. The zero-order valence-corrected chi connectivity index (χ0v) is 38.3. The van der Waals surface area contributed by atoms with E-state index in [1.165, 1.54) is 80.3 Å². The van der Waals surface area contributed by atoms with Crippen LogP contribution in [0.15, 0.2) is 133 Å². The van der Waals surface area contributed by atoms with E-state index in [1.54, 1.807) is 0 Å². The van der Waals surface area contributed by atoms with Crippen LogP contribution < -0.4 is 9.80 Å². The fraction of sp³-hybridized carbons (Fsp3) is 0.333. The Labute approximate surface area is 355 Å². The number of nitrogens with zero attached hydrogens (tertiary/aromatic N) is 2. The van der Waals surface area contributed by atoms with Crippen LogP contribution in [0, 0.1) is 5.41 Å². The Bertz CT molecular complexity index is 2600. The first-order valence-electron chi connectivity index (χ1n) is 20.9. The summed E-state index contributed by atoms with van der Waals surface area (Å²) in [5.74, 6) is 0. The largest absolute Gasteiger partial charge is 0.334 e. The summed E-state index contributed by atoms with van der Waals surface area (Å²) in [5, 5.41) is 2.68. The highest BCUT2D eigenvalue weighted by molar-refractivity contribution is 7.36. The van der Waals surface area contributed by atoms with Crippen molar-refractivity contribution in [2.24, 2.45) is 5.41 Å². The van der Waals surface area contributed by atoms with Crippen molar-refractivity contribution in [3.05, 3.63) is 150 Å². The molecular formula is C54H60N2S2. The molecule has 5 aromatic carbocycles. The van der Waals surface area contributed by atoms with E-state index in [0.717, 1.165) is 6.42 Å². The molecule has 2 nitrogen and oxygen atoms in total. The number of anilines is 5. The molecule has 4 heteroatoms. The van der Waals surface area contributed by atoms with Gasteiger partial charge in [0, 0.05) is 48.6 Å². The third-order valence-corrected chi connectivity index (χ3v) is 14.4. The summed E-state index contributed by atoms with van der Waals surface area (Å²) < 4.78 is 5.42. The molecule has 298 valence electrons. The van der Waals surface area contributed by atoms with E-state index < -0.39 is 0 Å². The number of rotatable bonds is 6. The van der Waals surface area contributed by atoms with Crippen LogP contribution in [-0.4, -0.2) is 6.04 Å². The molecule has 0 spiro atoms. The van der Waals surface area contributed by atoms with Crippen LogP contribution in [0.4, 0.5) is 28.4 Å². The molecular weight excluding hydrogens is 741 g/mol. The molecule has 1 atom stereocenters. The van der Waals surface area contributed by atoms with Crippen LogP contribution in [0.5, 0.6) is 0 Å². The molecule has 2 heterocycles. The summed E-state index contributed by atoms with van der Waals surface area (Å²) in [5.41, 5.74) is 11.9. The van der Waals surface area contributed by atoms with E-state index in [-0.39, 0.29) is 27.7 Å². The summed E-state index contributed by atoms with van der Waals surface area (Å²) in [6.45, 7) is 27.5. The lowest BCUT2D eigenvalue weighted by atomic mass is 9.82. The van der Waals surface area contributed by atoms with Crippen molar-refractivity contribution >= 4 is 80.7 Å². The highest BCUT2D eigenvalue weighted by Crippen LogP contribution is 2.48. The summed E-state index contributed by atoms with van der Waals surface area (Å²) in [6, 6.07) is 42.0. The van der Waals surface area contributed by atoms with Gasteiger partial charge in [0.05, 0.1) is 15.4 Å². The van der Waals surface area contributed by atoms with Crippen LogP contribution in [-0.2, 0) is 16.2 Å². The average Bonchev–Trinajstić information content (AvgIpc) is 3.70. The van der Waals surface area contributed by atoms with Crippen LogP contribution in [0.1, 0.15) is 106 Å². The third-order valence-electron chi connectivity index (χ3n) is 11.9. The average molecular weight is 801 g/mol. The van der Waals surface area contributed by atoms with Crippen molar-refractivity contribution < 1.29 is 0 Å². The number of fused-ring (bicyclic) bond motifs is 5. The molecule has 0 aliphatic heterocycles. The maximum atomic E-state index is 2.55. The van der Waals surface area contributed by atoms with Gasteiger partial charge in [0.25, 0.3) is 0 Å². The lowest BCUT2D eigenvalue weighted by Crippen LogP contribution is -2.31. The molecule has 58 heavy (non-hydrogen) atoms. The summed E-state index contributed by atoms with van der Waals surface area (Å²) in [6.07, 6.45) is 8.20. The SMILES string of the molecule is CC(C)(C)C1=CCC(N(c2ccc(C(C)(C)C)cc2)c2ccc3c(c2)sc2c4ccc(N(c5ccc(C(C)(C)C)cc5)c5ccc(C(C)(C)C)cc5)cc4sc32)C=C1. The molecule has 0 bridgehead atoms. The van der Waals surface area contributed by atoms with Crippen LogP contribution in [0.3, 0.4) is 0 Å². The Hall–Kier alpha value is -4.64. The van der Waals surface area contributed by atoms with Crippen molar-refractivity contribution in [1.29, 1.82) is 0 Å².